The maximum Gasteiger partial charge on any atom is 0.138 e. The van der Waals surface area contributed by atoms with E-state index >= 15 is 0 Å². The number of aryl methyl sites for hydroxylation is 1. The molecule has 0 spiro atoms. The van der Waals surface area contributed by atoms with Crippen LogP contribution in [0.15, 0.2) is 30.6 Å². The van der Waals surface area contributed by atoms with E-state index in [1.165, 1.54) is 5.56 Å². The highest BCUT2D eigenvalue weighted by Gasteiger charge is 2.15. The molecule has 0 bridgehead atoms. The quantitative estimate of drug-likeness (QED) is 0.852. The highest BCUT2D eigenvalue weighted by atomic mass is 35.5. The standard InChI is InChI=1S/C15H21ClN4/c1-3-8-20-15(18-11-19-20)10-14(17-4-2)12-6-5-7-13(16)9-12/h5-7,9,11,14,17H,3-4,8,10H2,1-2H3. The third-order valence-electron chi connectivity index (χ3n) is 3.22. The molecule has 0 amide bonds. The number of halogens is 1. The third-order valence-corrected chi connectivity index (χ3v) is 3.45. The van der Waals surface area contributed by atoms with Crippen LogP contribution in [0.2, 0.25) is 5.02 Å². The smallest absolute Gasteiger partial charge is 0.138 e. The second-order valence-corrected chi connectivity index (χ2v) is 5.21. The van der Waals surface area contributed by atoms with Crippen LogP contribution in [-0.2, 0) is 13.0 Å². The lowest BCUT2D eigenvalue weighted by atomic mass is 10.0. The van der Waals surface area contributed by atoms with Crippen molar-refractivity contribution < 1.29 is 0 Å². The van der Waals surface area contributed by atoms with Crippen molar-refractivity contribution in [3.05, 3.63) is 47.0 Å². The minimum absolute atomic E-state index is 0.207. The first-order valence-electron chi connectivity index (χ1n) is 7.10. The fourth-order valence-corrected chi connectivity index (χ4v) is 2.50. The summed E-state index contributed by atoms with van der Waals surface area (Å²) in [5, 5.41) is 8.54. The Morgan fingerprint density at radius 3 is 2.90 bits per heavy atom. The summed E-state index contributed by atoms with van der Waals surface area (Å²) in [6.07, 6.45) is 3.50. The van der Waals surface area contributed by atoms with Crippen LogP contribution in [0.25, 0.3) is 0 Å². The molecule has 0 fully saturated rings. The molecule has 20 heavy (non-hydrogen) atoms. The molecular weight excluding hydrogens is 272 g/mol. The molecule has 1 N–H and O–H groups in total. The van der Waals surface area contributed by atoms with Crippen molar-refractivity contribution in [2.45, 2.75) is 39.3 Å². The van der Waals surface area contributed by atoms with Crippen molar-refractivity contribution in [1.29, 1.82) is 0 Å². The number of likely N-dealkylation sites (N-methyl/N-ethyl adjacent to an activating group) is 1. The van der Waals surface area contributed by atoms with Gasteiger partial charge in [-0.05, 0) is 30.7 Å². The van der Waals surface area contributed by atoms with E-state index in [0.29, 0.717) is 0 Å². The van der Waals surface area contributed by atoms with Gasteiger partial charge in [-0.15, -0.1) is 0 Å². The summed E-state index contributed by atoms with van der Waals surface area (Å²) >= 11 is 6.09. The zero-order valence-electron chi connectivity index (χ0n) is 12.0. The second kappa shape index (κ2) is 7.41. The minimum Gasteiger partial charge on any atom is -0.310 e. The first-order chi connectivity index (χ1) is 9.74. The molecule has 0 saturated carbocycles. The maximum absolute atomic E-state index is 6.09. The summed E-state index contributed by atoms with van der Waals surface area (Å²) < 4.78 is 1.98. The van der Waals surface area contributed by atoms with Crippen molar-refractivity contribution in [2.75, 3.05) is 6.54 Å². The van der Waals surface area contributed by atoms with E-state index in [-0.39, 0.29) is 6.04 Å². The van der Waals surface area contributed by atoms with Gasteiger partial charge in [0.05, 0.1) is 0 Å². The van der Waals surface area contributed by atoms with Crippen molar-refractivity contribution in [1.82, 2.24) is 20.1 Å². The van der Waals surface area contributed by atoms with Gasteiger partial charge in [0.15, 0.2) is 0 Å². The van der Waals surface area contributed by atoms with Gasteiger partial charge in [0, 0.05) is 24.0 Å². The van der Waals surface area contributed by atoms with Gasteiger partial charge in [-0.25, -0.2) is 4.98 Å². The molecule has 0 aliphatic rings. The van der Waals surface area contributed by atoms with Gasteiger partial charge in [0.1, 0.15) is 12.2 Å². The Kier molecular flexibility index (Phi) is 5.56. The van der Waals surface area contributed by atoms with Gasteiger partial charge in [-0.1, -0.05) is 37.6 Å². The molecule has 1 aromatic heterocycles. The molecule has 108 valence electrons. The summed E-state index contributed by atoms with van der Waals surface area (Å²) in [5.41, 5.74) is 1.19. The molecule has 1 unspecified atom stereocenters. The lowest BCUT2D eigenvalue weighted by Gasteiger charge is -2.18. The van der Waals surface area contributed by atoms with E-state index in [0.717, 1.165) is 36.8 Å². The van der Waals surface area contributed by atoms with Crippen LogP contribution in [0.3, 0.4) is 0 Å². The predicted octanol–water partition coefficient (Wildman–Crippen LogP) is 3.23. The number of hydrogen-bond donors (Lipinski definition) is 1. The maximum atomic E-state index is 6.09. The summed E-state index contributed by atoms with van der Waals surface area (Å²) in [7, 11) is 0. The van der Waals surface area contributed by atoms with E-state index in [1.54, 1.807) is 6.33 Å². The number of aromatic nitrogens is 3. The van der Waals surface area contributed by atoms with Crippen molar-refractivity contribution in [3.8, 4) is 0 Å². The second-order valence-electron chi connectivity index (χ2n) is 4.77. The SMILES string of the molecule is CCCn1ncnc1CC(NCC)c1cccc(Cl)c1. The van der Waals surface area contributed by atoms with Crippen LogP contribution >= 0.6 is 11.6 Å². The first kappa shape index (κ1) is 15.0. The molecule has 0 radical (unpaired) electrons. The summed E-state index contributed by atoms with van der Waals surface area (Å²) in [6, 6.07) is 8.19. The normalized spacial score (nSPS) is 12.6. The summed E-state index contributed by atoms with van der Waals surface area (Å²) in [5.74, 6) is 1.01. The molecule has 1 heterocycles. The number of benzene rings is 1. The van der Waals surface area contributed by atoms with Gasteiger partial charge < -0.3 is 5.32 Å². The molecular formula is C15H21ClN4. The van der Waals surface area contributed by atoms with Crippen molar-refractivity contribution in [3.63, 3.8) is 0 Å². The third kappa shape index (κ3) is 3.81. The van der Waals surface area contributed by atoms with Crippen LogP contribution in [0.1, 0.15) is 37.7 Å². The number of nitrogens with zero attached hydrogens (tertiary/aromatic N) is 3. The number of nitrogens with one attached hydrogen (secondary N) is 1. The van der Waals surface area contributed by atoms with Crippen LogP contribution in [-0.4, -0.2) is 21.3 Å². The van der Waals surface area contributed by atoms with Gasteiger partial charge in [0.25, 0.3) is 0 Å². The van der Waals surface area contributed by atoms with Gasteiger partial charge in [-0.2, -0.15) is 5.10 Å². The van der Waals surface area contributed by atoms with E-state index in [2.05, 4.69) is 35.3 Å². The van der Waals surface area contributed by atoms with Crippen molar-refractivity contribution >= 4 is 11.6 Å². The Hall–Kier alpha value is -1.39. The number of hydrogen-bond acceptors (Lipinski definition) is 3. The van der Waals surface area contributed by atoms with Gasteiger partial charge in [0.2, 0.25) is 0 Å². The molecule has 4 nitrogen and oxygen atoms in total. The lowest BCUT2D eigenvalue weighted by molar-refractivity contribution is 0.499. The average molecular weight is 293 g/mol. The van der Waals surface area contributed by atoms with Crippen molar-refractivity contribution in [2.24, 2.45) is 0 Å². The Morgan fingerprint density at radius 2 is 2.20 bits per heavy atom. The molecule has 1 aromatic carbocycles. The molecule has 0 aliphatic carbocycles. The monoisotopic (exact) mass is 292 g/mol. The fraction of sp³-hybridized carbons (Fsp3) is 0.467. The van der Waals surface area contributed by atoms with E-state index in [9.17, 15) is 0 Å². The van der Waals surface area contributed by atoms with Crippen LogP contribution in [0, 0.1) is 0 Å². The largest absolute Gasteiger partial charge is 0.310 e. The Morgan fingerprint density at radius 1 is 1.35 bits per heavy atom. The molecule has 1 atom stereocenters. The zero-order chi connectivity index (χ0) is 14.4. The van der Waals surface area contributed by atoms with Crippen LogP contribution in [0.4, 0.5) is 0 Å². The van der Waals surface area contributed by atoms with Crippen LogP contribution in [0.5, 0.6) is 0 Å². The Bertz CT molecular complexity index is 538. The Balaban J connectivity index is 2.18. The topological polar surface area (TPSA) is 42.7 Å². The minimum atomic E-state index is 0.207. The highest BCUT2D eigenvalue weighted by Crippen LogP contribution is 2.21. The molecule has 2 rings (SSSR count). The molecule has 2 aromatic rings. The molecule has 0 saturated heterocycles. The Labute approximate surface area is 125 Å². The highest BCUT2D eigenvalue weighted by molar-refractivity contribution is 6.30. The van der Waals surface area contributed by atoms with E-state index in [4.69, 9.17) is 11.6 Å². The molecule has 0 aliphatic heterocycles. The summed E-state index contributed by atoms with van der Waals surface area (Å²) in [4.78, 5) is 4.38. The van der Waals surface area contributed by atoms with E-state index in [1.807, 2.05) is 22.9 Å². The molecule has 5 heteroatoms. The van der Waals surface area contributed by atoms with E-state index < -0.39 is 0 Å². The lowest BCUT2D eigenvalue weighted by Crippen LogP contribution is -2.24. The van der Waals surface area contributed by atoms with Gasteiger partial charge in [-0.3, -0.25) is 4.68 Å². The average Bonchev–Trinajstić information content (AvgIpc) is 2.86. The predicted molar refractivity (Wildman–Crippen MR) is 81.9 cm³/mol. The first-order valence-corrected chi connectivity index (χ1v) is 7.48. The number of rotatable bonds is 7. The van der Waals surface area contributed by atoms with Crippen LogP contribution < -0.4 is 5.32 Å². The van der Waals surface area contributed by atoms with Gasteiger partial charge >= 0.3 is 0 Å². The zero-order valence-corrected chi connectivity index (χ0v) is 12.8. The summed E-state index contributed by atoms with van der Waals surface area (Å²) in [6.45, 7) is 6.06. The fourth-order valence-electron chi connectivity index (χ4n) is 2.30.